The highest BCUT2D eigenvalue weighted by Crippen LogP contribution is 2.34. The molecule has 0 aliphatic carbocycles. The molecule has 2 rings (SSSR count). The third-order valence-corrected chi connectivity index (χ3v) is 3.37. The van der Waals surface area contributed by atoms with Crippen LogP contribution in [0.3, 0.4) is 0 Å². The van der Waals surface area contributed by atoms with E-state index in [1.54, 1.807) is 6.92 Å². The van der Waals surface area contributed by atoms with Gasteiger partial charge in [0.25, 0.3) is 0 Å². The van der Waals surface area contributed by atoms with Gasteiger partial charge in [0.2, 0.25) is 5.88 Å². The number of methoxy groups -OCH3 is 1. The number of aromatic nitrogens is 1. The fourth-order valence-electron chi connectivity index (χ4n) is 1.77. The lowest BCUT2D eigenvalue weighted by Gasteiger charge is -2.19. The lowest BCUT2D eigenvalue weighted by molar-refractivity contribution is -0.139. The van der Waals surface area contributed by atoms with E-state index in [1.165, 1.54) is 19.3 Å². The Balaban J connectivity index is 2.28. The van der Waals surface area contributed by atoms with E-state index in [0.717, 1.165) is 6.26 Å². The number of pyridine rings is 1. The molecule has 0 amide bonds. The molecular weight excluding hydrogens is 333 g/mol. The van der Waals surface area contributed by atoms with Crippen LogP contribution >= 0.6 is 23.2 Å². The van der Waals surface area contributed by atoms with Crippen LogP contribution in [-0.4, -0.2) is 35.9 Å². The second kappa shape index (κ2) is 7.00. The summed E-state index contributed by atoms with van der Waals surface area (Å²) < 4.78 is 15.1. The number of aliphatic hydroxyl groups is 1. The van der Waals surface area contributed by atoms with Crippen molar-refractivity contribution < 1.29 is 24.1 Å². The quantitative estimate of drug-likeness (QED) is 0.667. The Morgan fingerprint density at radius 1 is 1.50 bits per heavy atom. The van der Waals surface area contributed by atoms with Crippen molar-refractivity contribution in [3.05, 3.63) is 39.7 Å². The highest BCUT2D eigenvalue weighted by atomic mass is 35.5. The molecule has 1 unspecified atom stereocenters. The van der Waals surface area contributed by atoms with Crippen LogP contribution in [-0.2, 0) is 14.3 Å². The zero-order chi connectivity index (χ0) is 16.3. The first-order valence-electron chi connectivity index (χ1n) is 6.32. The minimum Gasteiger partial charge on any atom is -0.480 e. The first-order valence-corrected chi connectivity index (χ1v) is 7.07. The Morgan fingerprint density at radius 2 is 2.23 bits per heavy atom. The Labute approximate surface area is 136 Å². The molecule has 1 aromatic rings. The number of halogens is 2. The monoisotopic (exact) mass is 345 g/mol. The van der Waals surface area contributed by atoms with Crippen molar-refractivity contribution in [2.75, 3.05) is 13.7 Å². The van der Waals surface area contributed by atoms with Crippen LogP contribution in [0.5, 0.6) is 5.88 Å². The van der Waals surface area contributed by atoms with E-state index in [0.29, 0.717) is 5.56 Å². The molecule has 1 aliphatic heterocycles. The van der Waals surface area contributed by atoms with Gasteiger partial charge in [0, 0.05) is 0 Å². The average molecular weight is 346 g/mol. The van der Waals surface area contributed by atoms with Crippen molar-refractivity contribution in [1.82, 2.24) is 4.98 Å². The topological polar surface area (TPSA) is 77.9 Å². The number of aliphatic hydroxyl groups excluding tert-OH is 1. The maximum Gasteiger partial charge on any atom is 0.340 e. The molecule has 0 saturated heterocycles. The molecule has 118 valence electrons. The minimum absolute atomic E-state index is 0.00529. The van der Waals surface area contributed by atoms with Gasteiger partial charge in [0.1, 0.15) is 33.9 Å². The van der Waals surface area contributed by atoms with E-state index in [2.05, 4.69) is 4.98 Å². The molecule has 8 heteroatoms. The zero-order valence-electron chi connectivity index (χ0n) is 11.8. The molecule has 0 aromatic carbocycles. The summed E-state index contributed by atoms with van der Waals surface area (Å²) >= 11 is 12.0. The highest BCUT2D eigenvalue weighted by Gasteiger charge is 2.26. The van der Waals surface area contributed by atoms with Gasteiger partial charge < -0.3 is 19.3 Å². The third kappa shape index (κ3) is 3.35. The Bertz CT molecular complexity index is 657. The Kier molecular flexibility index (Phi) is 5.28. The van der Waals surface area contributed by atoms with Gasteiger partial charge in [0.15, 0.2) is 0 Å². The molecule has 0 bridgehead atoms. The van der Waals surface area contributed by atoms with E-state index in [4.69, 9.17) is 37.4 Å². The smallest absolute Gasteiger partial charge is 0.340 e. The first kappa shape index (κ1) is 16.6. The molecule has 0 saturated carbocycles. The van der Waals surface area contributed by atoms with Gasteiger partial charge in [-0.2, -0.15) is 4.98 Å². The fourth-order valence-corrected chi connectivity index (χ4v) is 2.23. The SMILES string of the molecule is CCOC(=O)C1=COC(c2cc(Cl)c(OC)nc2Cl)=CC1O. The first-order chi connectivity index (χ1) is 10.5. The third-order valence-electron chi connectivity index (χ3n) is 2.81. The predicted octanol–water partition coefficient (Wildman–Crippen LogP) is 2.58. The van der Waals surface area contributed by atoms with Crippen molar-refractivity contribution in [3.63, 3.8) is 0 Å². The van der Waals surface area contributed by atoms with Crippen LogP contribution in [0.2, 0.25) is 10.2 Å². The Hall–Kier alpha value is -1.76. The number of ether oxygens (including phenoxy) is 3. The molecule has 2 heterocycles. The van der Waals surface area contributed by atoms with Crippen LogP contribution in [0.1, 0.15) is 12.5 Å². The van der Waals surface area contributed by atoms with Gasteiger partial charge in [-0.05, 0) is 19.1 Å². The standard InChI is InChI=1S/C14H13Cl2NO5/c1-3-21-14(19)8-6-22-11(5-10(8)18)7-4-9(15)13(20-2)17-12(7)16/h4-6,10,18H,3H2,1-2H3. The summed E-state index contributed by atoms with van der Waals surface area (Å²) in [6.07, 6.45) is 1.25. The molecule has 6 nitrogen and oxygen atoms in total. The van der Waals surface area contributed by atoms with Gasteiger partial charge in [-0.15, -0.1) is 0 Å². The molecule has 1 atom stereocenters. The summed E-state index contributed by atoms with van der Waals surface area (Å²) in [5.41, 5.74) is 0.361. The van der Waals surface area contributed by atoms with Crippen molar-refractivity contribution in [2.24, 2.45) is 0 Å². The van der Waals surface area contributed by atoms with Crippen LogP contribution in [0, 0.1) is 0 Å². The normalized spacial score (nSPS) is 17.2. The highest BCUT2D eigenvalue weighted by molar-refractivity contribution is 6.34. The molecular formula is C14H13Cl2NO5. The minimum atomic E-state index is -1.18. The number of esters is 1. The number of hydrogen-bond donors (Lipinski definition) is 1. The number of carbonyl (C=O) groups is 1. The van der Waals surface area contributed by atoms with E-state index >= 15 is 0 Å². The summed E-state index contributed by atoms with van der Waals surface area (Å²) in [6.45, 7) is 1.86. The molecule has 1 aromatic heterocycles. The van der Waals surface area contributed by atoms with Gasteiger partial charge in [-0.3, -0.25) is 0 Å². The van der Waals surface area contributed by atoms with E-state index < -0.39 is 12.1 Å². The maximum absolute atomic E-state index is 11.6. The van der Waals surface area contributed by atoms with Crippen LogP contribution in [0.25, 0.3) is 5.76 Å². The van der Waals surface area contributed by atoms with Crippen LogP contribution in [0.4, 0.5) is 0 Å². The Morgan fingerprint density at radius 3 is 2.82 bits per heavy atom. The summed E-state index contributed by atoms with van der Waals surface area (Å²) in [5.74, 6) is -0.250. The largest absolute Gasteiger partial charge is 0.480 e. The second-order valence-electron chi connectivity index (χ2n) is 4.21. The van der Waals surface area contributed by atoms with Gasteiger partial charge in [0.05, 0.1) is 19.3 Å². The van der Waals surface area contributed by atoms with Gasteiger partial charge >= 0.3 is 5.97 Å². The van der Waals surface area contributed by atoms with Crippen molar-refractivity contribution in [2.45, 2.75) is 13.0 Å². The second-order valence-corrected chi connectivity index (χ2v) is 4.97. The summed E-state index contributed by atoms with van der Waals surface area (Å²) in [4.78, 5) is 15.6. The van der Waals surface area contributed by atoms with E-state index in [9.17, 15) is 9.90 Å². The number of hydrogen-bond acceptors (Lipinski definition) is 6. The summed E-state index contributed by atoms with van der Waals surface area (Å²) in [5, 5.41) is 10.3. The molecule has 0 spiro atoms. The lowest BCUT2D eigenvalue weighted by Crippen LogP contribution is -2.21. The van der Waals surface area contributed by atoms with E-state index in [1.807, 2.05) is 0 Å². The van der Waals surface area contributed by atoms with Crippen LogP contribution < -0.4 is 4.74 Å². The number of carbonyl (C=O) groups excluding carboxylic acids is 1. The molecule has 1 aliphatic rings. The molecule has 1 N–H and O–H groups in total. The summed E-state index contributed by atoms with van der Waals surface area (Å²) in [6, 6.07) is 1.50. The van der Waals surface area contributed by atoms with Crippen molar-refractivity contribution in [1.29, 1.82) is 0 Å². The molecule has 0 radical (unpaired) electrons. The molecule has 0 fully saturated rings. The van der Waals surface area contributed by atoms with Crippen LogP contribution in [0.15, 0.2) is 24.0 Å². The van der Waals surface area contributed by atoms with Gasteiger partial charge in [-0.1, -0.05) is 23.2 Å². The number of nitrogens with zero attached hydrogens (tertiary/aromatic N) is 1. The molecule has 22 heavy (non-hydrogen) atoms. The lowest BCUT2D eigenvalue weighted by atomic mass is 10.1. The van der Waals surface area contributed by atoms with Crippen molar-refractivity contribution >= 4 is 34.9 Å². The predicted molar refractivity (Wildman–Crippen MR) is 80.6 cm³/mol. The summed E-state index contributed by atoms with van der Waals surface area (Å²) in [7, 11) is 1.42. The average Bonchev–Trinajstić information content (AvgIpc) is 2.49. The fraction of sp³-hybridized carbons (Fsp3) is 0.286. The van der Waals surface area contributed by atoms with Crippen molar-refractivity contribution in [3.8, 4) is 5.88 Å². The van der Waals surface area contributed by atoms with Gasteiger partial charge in [-0.25, -0.2) is 4.79 Å². The zero-order valence-corrected chi connectivity index (χ0v) is 13.3. The van der Waals surface area contributed by atoms with E-state index in [-0.39, 0.29) is 34.0 Å². The number of rotatable bonds is 4. The maximum atomic E-state index is 11.6.